The van der Waals surface area contributed by atoms with Crippen LogP contribution in [0.2, 0.25) is 5.02 Å². The van der Waals surface area contributed by atoms with Crippen molar-refractivity contribution in [3.8, 4) is 5.75 Å². The summed E-state index contributed by atoms with van der Waals surface area (Å²) in [5.74, 6) is -1.44. The number of carboxylic acid groups (broad SMARTS) is 1. The van der Waals surface area contributed by atoms with E-state index in [0.29, 0.717) is 15.1 Å². The molecule has 1 N–H and O–H groups in total. The molecule has 0 radical (unpaired) electrons. The average molecular weight is 360 g/mol. The molecule has 0 saturated carbocycles. The van der Waals surface area contributed by atoms with Gasteiger partial charge in [0.1, 0.15) is 23.7 Å². The lowest BCUT2D eigenvalue weighted by Crippen LogP contribution is -2.04. The highest BCUT2D eigenvalue weighted by atomic mass is 79.9. The summed E-state index contributed by atoms with van der Waals surface area (Å²) in [6.07, 6.45) is 0. The van der Waals surface area contributed by atoms with Gasteiger partial charge < -0.3 is 9.84 Å². The fraction of sp³-hybridized carbons (Fsp3) is 0.0714. The van der Waals surface area contributed by atoms with Crippen LogP contribution in [0.5, 0.6) is 5.75 Å². The molecule has 0 amide bonds. The second kappa shape index (κ2) is 6.24. The van der Waals surface area contributed by atoms with Crippen LogP contribution < -0.4 is 4.74 Å². The first-order chi connectivity index (χ1) is 9.47. The Kier molecular flexibility index (Phi) is 4.62. The summed E-state index contributed by atoms with van der Waals surface area (Å²) in [6, 6.07) is 8.82. The average Bonchev–Trinajstić information content (AvgIpc) is 2.38. The Morgan fingerprint density at radius 2 is 2.05 bits per heavy atom. The molecule has 0 aliphatic rings. The number of hydrogen-bond acceptors (Lipinski definition) is 2. The van der Waals surface area contributed by atoms with Crippen LogP contribution in [-0.2, 0) is 6.61 Å². The van der Waals surface area contributed by atoms with E-state index in [1.807, 2.05) is 0 Å². The summed E-state index contributed by atoms with van der Waals surface area (Å²) >= 11 is 8.89. The molecule has 6 heteroatoms. The van der Waals surface area contributed by atoms with Crippen molar-refractivity contribution in [3.05, 3.63) is 62.8 Å². The lowest BCUT2D eigenvalue weighted by atomic mass is 10.2. The SMILES string of the molecule is O=C(O)c1cc(Cl)ccc1OCc1ccc(Br)cc1F. The van der Waals surface area contributed by atoms with Crippen LogP contribution in [0, 0.1) is 5.82 Å². The number of aromatic carboxylic acids is 1. The van der Waals surface area contributed by atoms with Gasteiger partial charge in [-0.25, -0.2) is 9.18 Å². The Morgan fingerprint density at radius 3 is 2.70 bits per heavy atom. The van der Waals surface area contributed by atoms with Crippen molar-refractivity contribution in [1.29, 1.82) is 0 Å². The maximum absolute atomic E-state index is 13.6. The predicted molar refractivity (Wildman–Crippen MR) is 76.8 cm³/mol. The largest absolute Gasteiger partial charge is 0.488 e. The highest BCUT2D eigenvalue weighted by Gasteiger charge is 2.13. The van der Waals surface area contributed by atoms with Crippen LogP contribution in [-0.4, -0.2) is 11.1 Å². The van der Waals surface area contributed by atoms with Gasteiger partial charge in [-0.15, -0.1) is 0 Å². The summed E-state index contributed by atoms with van der Waals surface area (Å²) in [7, 11) is 0. The fourth-order valence-electron chi connectivity index (χ4n) is 1.59. The molecule has 2 rings (SSSR count). The van der Waals surface area contributed by atoms with E-state index >= 15 is 0 Å². The number of carboxylic acids is 1. The maximum atomic E-state index is 13.6. The molecule has 2 aromatic rings. The van der Waals surface area contributed by atoms with Crippen LogP contribution in [0.25, 0.3) is 0 Å². The highest BCUT2D eigenvalue weighted by Crippen LogP contribution is 2.24. The van der Waals surface area contributed by atoms with Gasteiger partial charge in [-0.1, -0.05) is 33.6 Å². The normalized spacial score (nSPS) is 10.3. The van der Waals surface area contributed by atoms with Crippen LogP contribution in [0.3, 0.4) is 0 Å². The van der Waals surface area contributed by atoms with Crippen LogP contribution in [0.15, 0.2) is 40.9 Å². The number of rotatable bonds is 4. The molecular formula is C14H9BrClFO3. The van der Waals surface area contributed by atoms with E-state index in [-0.39, 0.29) is 17.9 Å². The van der Waals surface area contributed by atoms with Crippen molar-refractivity contribution >= 4 is 33.5 Å². The van der Waals surface area contributed by atoms with Crippen molar-refractivity contribution in [3.63, 3.8) is 0 Å². The lowest BCUT2D eigenvalue weighted by Gasteiger charge is -2.10. The van der Waals surface area contributed by atoms with Gasteiger partial charge in [0.15, 0.2) is 0 Å². The van der Waals surface area contributed by atoms with Crippen molar-refractivity contribution in [2.75, 3.05) is 0 Å². The summed E-state index contributed by atoms with van der Waals surface area (Å²) in [6.45, 7) is -0.0684. The van der Waals surface area contributed by atoms with E-state index < -0.39 is 11.8 Å². The molecule has 0 fully saturated rings. The Balaban J connectivity index is 2.20. The number of halogens is 3. The number of benzene rings is 2. The summed E-state index contributed by atoms with van der Waals surface area (Å²) in [5, 5.41) is 9.36. The van der Waals surface area contributed by atoms with E-state index in [4.69, 9.17) is 21.4 Å². The summed E-state index contributed by atoms with van der Waals surface area (Å²) in [5.41, 5.74) is 0.273. The molecule has 0 saturated heterocycles. The number of ether oxygens (including phenoxy) is 1. The van der Waals surface area contributed by atoms with Gasteiger partial charge in [-0.3, -0.25) is 0 Å². The molecule has 0 spiro atoms. The minimum absolute atomic E-state index is 0.0602. The molecular weight excluding hydrogens is 351 g/mol. The van der Waals surface area contributed by atoms with Gasteiger partial charge in [0.25, 0.3) is 0 Å². The van der Waals surface area contributed by atoms with E-state index in [2.05, 4.69) is 15.9 Å². The zero-order chi connectivity index (χ0) is 14.7. The molecule has 0 aromatic heterocycles. The number of carbonyl (C=O) groups is 1. The van der Waals surface area contributed by atoms with Crippen molar-refractivity contribution in [2.45, 2.75) is 6.61 Å². The molecule has 0 unspecified atom stereocenters. The molecule has 20 heavy (non-hydrogen) atoms. The van der Waals surface area contributed by atoms with Crippen LogP contribution in [0.4, 0.5) is 4.39 Å². The Hall–Kier alpha value is -1.59. The molecule has 0 atom stereocenters. The Labute approximate surface area is 128 Å². The van der Waals surface area contributed by atoms with E-state index in [1.165, 1.54) is 24.3 Å². The first kappa shape index (κ1) is 14.8. The molecule has 104 valence electrons. The predicted octanol–water partition coefficient (Wildman–Crippen LogP) is 4.52. The van der Waals surface area contributed by atoms with E-state index in [9.17, 15) is 9.18 Å². The molecule has 2 aromatic carbocycles. The third-order valence-corrected chi connectivity index (χ3v) is 3.30. The lowest BCUT2D eigenvalue weighted by molar-refractivity contribution is 0.0691. The smallest absolute Gasteiger partial charge is 0.339 e. The minimum Gasteiger partial charge on any atom is -0.488 e. The minimum atomic E-state index is -1.15. The maximum Gasteiger partial charge on any atom is 0.339 e. The molecule has 0 heterocycles. The van der Waals surface area contributed by atoms with Gasteiger partial charge in [-0.05, 0) is 30.3 Å². The molecule has 0 aliphatic carbocycles. The summed E-state index contributed by atoms with van der Waals surface area (Å²) in [4.78, 5) is 11.1. The zero-order valence-corrected chi connectivity index (χ0v) is 12.4. The first-order valence-electron chi connectivity index (χ1n) is 5.57. The van der Waals surface area contributed by atoms with E-state index in [1.54, 1.807) is 12.1 Å². The first-order valence-corrected chi connectivity index (χ1v) is 6.74. The molecule has 0 bridgehead atoms. The topological polar surface area (TPSA) is 46.5 Å². The number of hydrogen-bond donors (Lipinski definition) is 1. The van der Waals surface area contributed by atoms with Crippen molar-refractivity contribution in [1.82, 2.24) is 0 Å². The Morgan fingerprint density at radius 1 is 1.30 bits per heavy atom. The van der Waals surface area contributed by atoms with Gasteiger partial charge in [0.2, 0.25) is 0 Å². The van der Waals surface area contributed by atoms with Gasteiger partial charge >= 0.3 is 5.97 Å². The summed E-state index contributed by atoms with van der Waals surface area (Å²) < 4.78 is 19.6. The van der Waals surface area contributed by atoms with Gasteiger partial charge in [0, 0.05) is 15.1 Å². The monoisotopic (exact) mass is 358 g/mol. The highest BCUT2D eigenvalue weighted by molar-refractivity contribution is 9.10. The van der Waals surface area contributed by atoms with Gasteiger partial charge in [0.05, 0.1) is 0 Å². The molecule has 3 nitrogen and oxygen atoms in total. The third kappa shape index (κ3) is 3.49. The Bertz CT molecular complexity index is 661. The van der Waals surface area contributed by atoms with Crippen molar-refractivity contribution in [2.24, 2.45) is 0 Å². The van der Waals surface area contributed by atoms with Crippen molar-refractivity contribution < 1.29 is 19.0 Å². The van der Waals surface area contributed by atoms with Crippen LogP contribution in [0.1, 0.15) is 15.9 Å². The zero-order valence-electron chi connectivity index (χ0n) is 10.1. The second-order valence-electron chi connectivity index (χ2n) is 3.97. The van der Waals surface area contributed by atoms with Gasteiger partial charge in [-0.2, -0.15) is 0 Å². The second-order valence-corrected chi connectivity index (χ2v) is 5.32. The van der Waals surface area contributed by atoms with Crippen LogP contribution >= 0.6 is 27.5 Å². The molecule has 0 aliphatic heterocycles. The standard InChI is InChI=1S/C14H9BrClFO3/c15-9-2-1-8(12(17)5-9)7-20-13-4-3-10(16)6-11(13)14(18)19/h1-6H,7H2,(H,18,19). The fourth-order valence-corrected chi connectivity index (χ4v) is 2.09. The quantitative estimate of drug-likeness (QED) is 0.873. The third-order valence-electron chi connectivity index (χ3n) is 2.57. The van der Waals surface area contributed by atoms with E-state index in [0.717, 1.165) is 0 Å².